The number of amides is 1. The minimum atomic E-state index is -0.373. The van der Waals surface area contributed by atoms with Crippen molar-refractivity contribution in [1.82, 2.24) is 0 Å². The highest BCUT2D eigenvalue weighted by molar-refractivity contribution is 7.17. The van der Waals surface area contributed by atoms with Crippen molar-refractivity contribution in [2.75, 3.05) is 32.2 Å². The minimum Gasteiger partial charge on any atom is -0.490 e. The average Bonchev–Trinajstić information content (AvgIpc) is 3.06. The van der Waals surface area contributed by atoms with Crippen molar-refractivity contribution >= 4 is 28.2 Å². The van der Waals surface area contributed by atoms with Gasteiger partial charge in [-0.25, -0.2) is 4.79 Å². The third-order valence-corrected chi connectivity index (χ3v) is 5.76. The van der Waals surface area contributed by atoms with Gasteiger partial charge >= 0.3 is 5.97 Å². The first kappa shape index (κ1) is 20.4. The van der Waals surface area contributed by atoms with Crippen LogP contribution in [0.2, 0.25) is 0 Å². The summed E-state index contributed by atoms with van der Waals surface area (Å²) < 4.78 is 15.9. The Hall–Kier alpha value is -2.38. The van der Waals surface area contributed by atoms with Crippen molar-refractivity contribution < 1.29 is 23.8 Å². The maximum Gasteiger partial charge on any atom is 0.341 e. The number of ether oxygens (including phenoxy) is 3. The van der Waals surface area contributed by atoms with Crippen LogP contribution in [0.15, 0.2) is 24.3 Å². The second-order valence-corrected chi connectivity index (χ2v) is 7.53. The van der Waals surface area contributed by atoms with Gasteiger partial charge in [0.2, 0.25) is 0 Å². The van der Waals surface area contributed by atoms with Crippen molar-refractivity contribution in [3.8, 4) is 5.75 Å². The van der Waals surface area contributed by atoms with Gasteiger partial charge in [0.15, 0.2) is 0 Å². The molecule has 0 unspecified atom stereocenters. The number of nitrogens with one attached hydrogen (secondary N) is 1. The lowest BCUT2D eigenvalue weighted by atomic mass is 9.95. The van der Waals surface area contributed by atoms with Gasteiger partial charge in [0.1, 0.15) is 17.4 Å². The Bertz CT molecular complexity index is 845. The summed E-state index contributed by atoms with van der Waals surface area (Å²) in [6.45, 7) is 2.86. The monoisotopic (exact) mass is 403 g/mol. The predicted molar refractivity (Wildman–Crippen MR) is 109 cm³/mol. The Morgan fingerprint density at radius 1 is 1.14 bits per heavy atom. The summed E-state index contributed by atoms with van der Waals surface area (Å²) in [4.78, 5) is 26.7. The van der Waals surface area contributed by atoms with Crippen molar-refractivity contribution in [1.29, 1.82) is 0 Å². The van der Waals surface area contributed by atoms with E-state index < -0.39 is 0 Å². The zero-order valence-corrected chi connectivity index (χ0v) is 17.0. The summed E-state index contributed by atoms with van der Waals surface area (Å²) in [5, 5.41) is 3.48. The fraction of sp³-hybridized carbons (Fsp3) is 0.429. The second kappa shape index (κ2) is 9.71. The van der Waals surface area contributed by atoms with Crippen molar-refractivity contribution in [2.24, 2.45) is 0 Å². The molecule has 1 amide bonds. The fourth-order valence-corrected chi connectivity index (χ4v) is 4.53. The van der Waals surface area contributed by atoms with Crippen LogP contribution in [0.25, 0.3) is 0 Å². The van der Waals surface area contributed by atoms with E-state index in [-0.39, 0.29) is 11.9 Å². The fourth-order valence-electron chi connectivity index (χ4n) is 3.26. The number of anilines is 1. The highest BCUT2D eigenvalue weighted by Crippen LogP contribution is 2.39. The zero-order valence-electron chi connectivity index (χ0n) is 16.2. The Morgan fingerprint density at radius 3 is 2.71 bits per heavy atom. The van der Waals surface area contributed by atoms with Gasteiger partial charge in [0.05, 0.1) is 24.3 Å². The molecule has 0 radical (unpaired) electrons. The molecule has 0 fully saturated rings. The van der Waals surface area contributed by atoms with E-state index in [0.717, 1.165) is 36.1 Å². The lowest BCUT2D eigenvalue weighted by molar-refractivity contribution is 0.0526. The highest BCUT2D eigenvalue weighted by Gasteiger charge is 2.27. The molecule has 28 heavy (non-hydrogen) atoms. The van der Waals surface area contributed by atoms with Crippen LogP contribution < -0.4 is 10.1 Å². The zero-order chi connectivity index (χ0) is 19.9. The number of aryl methyl sites for hydroxylation is 1. The molecular weight excluding hydrogens is 378 g/mol. The Balaban J connectivity index is 1.87. The van der Waals surface area contributed by atoms with Crippen molar-refractivity contribution in [2.45, 2.75) is 32.6 Å². The van der Waals surface area contributed by atoms with Crippen molar-refractivity contribution in [3.63, 3.8) is 0 Å². The van der Waals surface area contributed by atoms with Gasteiger partial charge in [-0.2, -0.15) is 0 Å². The molecule has 2 aromatic rings. The number of para-hydroxylation sites is 1. The number of carbonyl (C=O) groups is 2. The average molecular weight is 404 g/mol. The van der Waals surface area contributed by atoms with Crippen LogP contribution in [0, 0.1) is 0 Å². The first-order chi connectivity index (χ1) is 13.7. The predicted octanol–water partition coefficient (Wildman–Crippen LogP) is 4.08. The number of rotatable bonds is 8. The Labute approximate surface area is 168 Å². The first-order valence-corrected chi connectivity index (χ1v) is 10.3. The van der Waals surface area contributed by atoms with Gasteiger partial charge in [0.25, 0.3) is 5.91 Å². The lowest BCUT2D eigenvalue weighted by Gasteiger charge is -2.13. The molecular formula is C21H25NO5S. The molecule has 1 aromatic heterocycles. The van der Waals surface area contributed by atoms with Crippen molar-refractivity contribution in [3.05, 3.63) is 45.8 Å². The Kier molecular flexibility index (Phi) is 7.06. The summed E-state index contributed by atoms with van der Waals surface area (Å²) in [6, 6.07) is 7.04. The lowest BCUT2D eigenvalue weighted by Crippen LogP contribution is -2.17. The van der Waals surface area contributed by atoms with E-state index in [2.05, 4.69) is 5.32 Å². The molecule has 1 aliphatic rings. The third kappa shape index (κ3) is 4.54. The van der Waals surface area contributed by atoms with E-state index in [1.807, 2.05) is 6.07 Å². The maximum absolute atomic E-state index is 12.9. The molecule has 1 heterocycles. The third-order valence-electron chi connectivity index (χ3n) is 4.55. The van der Waals surface area contributed by atoms with E-state index in [0.29, 0.717) is 41.7 Å². The van der Waals surface area contributed by atoms with Crippen LogP contribution >= 0.6 is 11.3 Å². The smallest absolute Gasteiger partial charge is 0.341 e. The van der Waals surface area contributed by atoms with Gasteiger partial charge in [-0.15, -0.1) is 11.3 Å². The summed E-state index contributed by atoms with van der Waals surface area (Å²) in [5.74, 6) is -0.199. The maximum atomic E-state index is 12.9. The molecule has 150 valence electrons. The number of thiophene rings is 1. The second-order valence-electron chi connectivity index (χ2n) is 6.43. The molecule has 7 heteroatoms. The SMILES string of the molecule is CCOC(=O)c1c(NC(=O)c2ccccc2OCCOC)sc2c1CCCC2. The quantitative estimate of drug-likeness (QED) is 0.531. The minimum absolute atomic E-state index is 0.299. The summed E-state index contributed by atoms with van der Waals surface area (Å²) in [5.41, 5.74) is 1.95. The molecule has 1 N–H and O–H groups in total. The molecule has 3 rings (SSSR count). The number of benzene rings is 1. The topological polar surface area (TPSA) is 73.9 Å². The molecule has 0 aliphatic heterocycles. The number of carbonyl (C=O) groups excluding carboxylic acids is 2. The van der Waals surface area contributed by atoms with E-state index >= 15 is 0 Å². The van der Waals surface area contributed by atoms with Crippen LogP contribution in [-0.2, 0) is 22.3 Å². The number of fused-ring (bicyclic) bond motifs is 1. The van der Waals surface area contributed by atoms with E-state index in [9.17, 15) is 9.59 Å². The summed E-state index contributed by atoms with van der Waals surface area (Å²) in [7, 11) is 1.59. The molecule has 1 aliphatic carbocycles. The number of hydrogen-bond donors (Lipinski definition) is 1. The molecule has 0 spiro atoms. The van der Waals surface area contributed by atoms with Gasteiger partial charge in [-0.05, 0) is 50.3 Å². The first-order valence-electron chi connectivity index (χ1n) is 9.49. The summed E-state index contributed by atoms with van der Waals surface area (Å²) in [6.07, 6.45) is 3.91. The van der Waals surface area contributed by atoms with E-state index in [1.165, 1.54) is 11.3 Å². The molecule has 1 aromatic carbocycles. The van der Waals surface area contributed by atoms with E-state index in [1.54, 1.807) is 32.2 Å². The van der Waals surface area contributed by atoms with Crippen LogP contribution in [0.3, 0.4) is 0 Å². The van der Waals surface area contributed by atoms with Crippen LogP contribution in [0.1, 0.15) is 50.9 Å². The number of methoxy groups -OCH3 is 1. The van der Waals surface area contributed by atoms with Crippen LogP contribution in [0.5, 0.6) is 5.75 Å². The van der Waals surface area contributed by atoms with Gasteiger partial charge in [0, 0.05) is 12.0 Å². The Morgan fingerprint density at radius 2 is 1.93 bits per heavy atom. The summed E-state index contributed by atoms with van der Waals surface area (Å²) >= 11 is 1.47. The number of esters is 1. The molecule has 0 saturated carbocycles. The standard InChI is InChI=1S/C21H25NO5S/c1-3-26-21(24)18-15-9-5-7-11-17(15)28-20(18)22-19(23)14-8-4-6-10-16(14)27-13-12-25-2/h4,6,8,10H,3,5,7,9,11-13H2,1-2H3,(H,22,23). The largest absolute Gasteiger partial charge is 0.490 e. The van der Waals surface area contributed by atoms with Crippen LogP contribution in [0.4, 0.5) is 5.00 Å². The van der Waals surface area contributed by atoms with Crippen LogP contribution in [-0.4, -0.2) is 38.8 Å². The van der Waals surface area contributed by atoms with Gasteiger partial charge in [-0.3, -0.25) is 4.79 Å². The normalized spacial score (nSPS) is 12.9. The van der Waals surface area contributed by atoms with Gasteiger partial charge in [-0.1, -0.05) is 12.1 Å². The van der Waals surface area contributed by atoms with Gasteiger partial charge < -0.3 is 19.5 Å². The van der Waals surface area contributed by atoms with E-state index in [4.69, 9.17) is 14.2 Å². The number of hydrogen-bond acceptors (Lipinski definition) is 6. The highest BCUT2D eigenvalue weighted by atomic mass is 32.1. The molecule has 6 nitrogen and oxygen atoms in total. The molecule has 0 bridgehead atoms. The molecule has 0 saturated heterocycles. The molecule has 0 atom stereocenters.